The molecule has 0 saturated carbocycles. The number of hydrogen-bond donors (Lipinski definition) is 0. The molecule has 3 aromatic rings. The fourth-order valence-corrected chi connectivity index (χ4v) is 2.93. The molecule has 0 saturated heterocycles. The third kappa shape index (κ3) is 1.49. The van der Waals surface area contributed by atoms with Crippen molar-refractivity contribution in [2.24, 2.45) is 0 Å². The molecule has 0 N–H and O–H groups in total. The summed E-state index contributed by atoms with van der Waals surface area (Å²) in [5.41, 5.74) is 2.28. The molecule has 0 atom stereocenters. The highest BCUT2D eigenvalue weighted by atomic mass is 35.5. The summed E-state index contributed by atoms with van der Waals surface area (Å²) in [5, 5.41) is 11.3. The molecule has 2 aromatic heterocycles. The van der Waals surface area contributed by atoms with Gasteiger partial charge in [0.2, 0.25) is 0 Å². The average Bonchev–Trinajstić information content (AvgIpc) is 2.75. The van der Waals surface area contributed by atoms with Crippen LogP contribution in [0.3, 0.4) is 0 Å². The van der Waals surface area contributed by atoms with E-state index in [1.165, 1.54) is 0 Å². The Bertz CT molecular complexity index is 634. The van der Waals surface area contributed by atoms with Gasteiger partial charge in [-0.3, -0.25) is 0 Å². The van der Waals surface area contributed by atoms with Crippen molar-refractivity contribution in [2.75, 3.05) is 0 Å². The normalized spacial score (nSPS) is 10.8. The Kier molecular flexibility index (Phi) is 2.35. The van der Waals surface area contributed by atoms with Gasteiger partial charge < -0.3 is 0 Å². The molecule has 0 spiro atoms. The van der Waals surface area contributed by atoms with Crippen molar-refractivity contribution in [2.45, 2.75) is 0 Å². The van der Waals surface area contributed by atoms with Gasteiger partial charge in [-0.05, 0) is 10.9 Å². The lowest BCUT2D eigenvalue weighted by Gasteiger charge is -1.99. The van der Waals surface area contributed by atoms with Gasteiger partial charge in [-0.25, -0.2) is 0 Å². The van der Waals surface area contributed by atoms with Crippen molar-refractivity contribution in [3.63, 3.8) is 0 Å². The van der Waals surface area contributed by atoms with E-state index in [9.17, 15) is 0 Å². The van der Waals surface area contributed by atoms with Crippen LogP contribution in [0.2, 0.25) is 5.15 Å². The molecule has 3 rings (SSSR count). The fraction of sp³-hybridized carbons (Fsp3) is 0. The third-order valence-electron chi connectivity index (χ3n) is 2.43. The van der Waals surface area contributed by atoms with E-state index in [1.807, 2.05) is 18.2 Å². The minimum Gasteiger partial charge on any atom is -0.156 e. The molecular formula is C12H7ClN2S. The number of rotatable bonds is 1. The van der Waals surface area contributed by atoms with Crippen LogP contribution >= 0.6 is 22.9 Å². The van der Waals surface area contributed by atoms with E-state index in [0.717, 1.165) is 21.2 Å². The molecule has 0 bridgehead atoms. The molecule has 0 fully saturated rings. The van der Waals surface area contributed by atoms with E-state index < -0.39 is 0 Å². The predicted octanol–water partition coefficient (Wildman–Crippen LogP) is 4.01. The summed E-state index contributed by atoms with van der Waals surface area (Å²) in [4.78, 5) is 0. The van der Waals surface area contributed by atoms with E-state index >= 15 is 0 Å². The van der Waals surface area contributed by atoms with Crippen LogP contribution in [0.15, 0.2) is 41.9 Å². The van der Waals surface area contributed by atoms with Crippen LogP contribution in [-0.2, 0) is 0 Å². The number of thiophene rings is 1. The van der Waals surface area contributed by atoms with Gasteiger partial charge in [0.05, 0.1) is 10.9 Å². The molecule has 78 valence electrons. The van der Waals surface area contributed by atoms with E-state index in [-0.39, 0.29) is 0 Å². The largest absolute Gasteiger partial charge is 0.160 e. The first-order valence-electron chi connectivity index (χ1n) is 4.80. The molecular weight excluding hydrogens is 240 g/mol. The van der Waals surface area contributed by atoms with Gasteiger partial charge in [-0.1, -0.05) is 41.9 Å². The Morgan fingerprint density at radius 2 is 1.94 bits per heavy atom. The minimum atomic E-state index is 0.470. The molecule has 0 aliphatic carbocycles. The molecule has 0 aliphatic rings. The maximum atomic E-state index is 6.09. The van der Waals surface area contributed by atoms with Gasteiger partial charge in [-0.15, -0.1) is 16.4 Å². The van der Waals surface area contributed by atoms with E-state index in [4.69, 9.17) is 11.6 Å². The van der Waals surface area contributed by atoms with Crippen LogP contribution in [0, 0.1) is 0 Å². The summed E-state index contributed by atoms with van der Waals surface area (Å²) in [7, 11) is 0. The lowest BCUT2D eigenvalue weighted by Crippen LogP contribution is -1.82. The second-order valence-electron chi connectivity index (χ2n) is 3.39. The summed E-state index contributed by atoms with van der Waals surface area (Å²) in [6.45, 7) is 0. The maximum absolute atomic E-state index is 6.09. The zero-order valence-electron chi connectivity index (χ0n) is 8.22. The van der Waals surface area contributed by atoms with Crippen LogP contribution in [0.5, 0.6) is 0 Å². The van der Waals surface area contributed by atoms with Crippen molar-refractivity contribution in [3.05, 3.63) is 47.1 Å². The Hall–Kier alpha value is -1.45. The summed E-state index contributed by atoms with van der Waals surface area (Å²) >= 11 is 7.72. The van der Waals surface area contributed by atoms with Gasteiger partial charge >= 0.3 is 0 Å². The highest BCUT2D eigenvalue weighted by molar-refractivity contribution is 7.17. The molecule has 0 unspecified atom stereocenters. The molecule has 0 amide bonds. The minimum absolute atomic E-state index is 0.470. The molecule has 16 heavy (non-hydrogen) atoms. The Morgan fingerprint density at radius 3 is 2.75 bits per heavy atom. The van der Waals surface area contributed by atoms with Crippen LogP contribution in [0.25, 0.3) is 21.2 Å². The average molecular weight is 247 g/mol. The van der Waals surface area contributed by atoms with Gasteiger partial charge in [0.15, 0.2) is 5.15 Å². The Balaban J connectivity index is 2.33. The Morgan fingerprint density at radius 1 is 1.12 bits per heavy atom. The summed E-state index contributed by atoms with van der Waals surface area (Å²) in [6, 6.07) is 10.2. The van der Waals surface area contributed by atoms with Gasteiger partial charge in [-0.2, -0.15) is 5.10 Å². The second kappa shape index (κ2) is 3.85. The topological polar surface area (TPSA) is 25.8 Å². The van der Waals surface area contributed by atoms with E-state index in [0.29, 0.717) is 5.15 Å². The number of nitrogens with zero attached hydrogens (tertiary/aromatic N) is 2. The second-order valence-corrected chi connectivity index (χ2v) is 4.66. The van der Waals surface area contributed by atoms with Gasteiger partial charge in [0, 0.05) is 10.9 Å². The zero-order chi connectivity index (χ0) is 11.0. The number of hydrogen-bond acceptors (Lipinski definition) is 3. The quantitative estimate of drug-likeness (QED) is 0.648. The first-order valence-corrected chi connectivity index (χ1v) is 6.06. The first kappa shape index (κ1) is 9.75. The smallest absolute Gasteiger partial charge is 0.156 e. The monoisotopic (exact) mass is 246 g/mol. The molecule has 4 heteroatoms. The van der Waals surface area contributed by atoms with Crippen molar-refractivity contribution in [1.82, 2.24) is 10.2 Å². The standard InChI is InChI=1S/C12H7ClN2S/c13-12-11-9(8-4-2-1-3-5-8)7-16-10(11)6-14-15-12/h1-7H. The maximum Gasteiger partial charge on any atom is 0.160 e. The van der Waals surface area contributed by atoms with Crippen LogP contribution in [-0.4, -0.2) is 10.2 Å². The van der Waals surface area contributed by atoms with Crippen molar-refractivity contribution >= 4 is 33.0 Å². The van der Waals surface area contributed by atoms with Crippen molar-refractivity contribution in [1.29, 1.82) is 0 Å². The Labute approximate surface area is 102 Å². The van der Waals surface area contributed by atoms with Crippen LogP contribution < -0.4 is 0 Å². The molecule has 0 radical (unpaired) electrons. The van der Waals surface area contributed by atoms with Crippen LogP contribution in [0.4, 0.5) is 0 Å². The van der Waals surface area contributed by atoms with E-state index in [2.05, 4.69) is 27.7 Å². The number of benzene rings is 1. The predicted molar refractivity (Wildman–Crippen MR) is 67.9 cm³/mol. The molecule has 2 nitrogen and oxygen atoms in total. The molecule has 2 heterocycles. The first-order chi connectivity index (χ1) is 7.86. The highest BCUT2D eigenvalue weighted by Gasteiger charge is 2.10. The van der Waals surface area contributed by atoms with Gasteiger partial charge in [0.25, 0.3) is 0 Å². The SMILES string of the molecule is Clc1nncc2scc(-c3ccccc3)c12. The fourth-order valence-electron chi connectivity index (χ4n) is 1.69. The number of halogens is 1. The van der Waals surface area contributed by atoms with Crippen molar-refractivity contribution < 1.29 is 0 Å². The zero-order valence-corrected chi connectivity index (χ0v) is 9.79. The van der Waals surface area contributed by atoms with Crippen LogP contribution in [0.1, 0.15) is 0 Å². The summed E-state index contributed by atoms with van der Waals surface area (Å²) in [5.74, 6) is 0. The summed E-state index contributed by atoms with van der Waals surface area (Å²) in [6.07, 6.45) is 1.75. The third-order valence-corrected chi connectivity index (χ3v) is 3.61. The molecule has 0 aliphatic heterocycles. The van der Waals surface area contributed by atoms with Gasteiger partial charge in [0.1, 0.15) is 0 Å². The number of fused-ring (bicyclic) bond motifs is 1. The van der Waals surface area contributed by atoms with E-state index in [1.54, 1.807) is 17.5 Å². The van der Waals surface area contributed by atoms with Crippen molar-refractivity contribution in [3.8, 4) is 11.1 Å². The number of aromatic nitrogens is 2. The lowest BCUT2D eigenvalue weighted by molar-refractivity contribution is 1.05. The summed E-state index contributed by atoms with van der Waals surface area (Å²) < 4.78 is 1.07. The highest BCUT2D eigenvalue weighted by Crippen LogP contribution is 2.36. The lowest BCUT2D eigenvalue weighted by atomic mass is 10.1. The molecule has 1 aromatic carbocycles.